The minimum atomic E-state index is -0.174. The molecule has 2 heterocycles. The number of nitrogens with zero attached hydrogens (tertiary/aromatic N) is 2. The number of aliphatic hydroxyl groups is 1. The third kappa shape index (κ3) is 3.98. The number of thioether (sulfide) groups is 1. The molecule has 1 fully saturated rings. The van der Waals surface area contributed by atoms with E-state index in [2.05, 4.69) is 16.8 Å². The number of amides is 1. The van der Waals surface area contributed by atoms with Crippen molar-refractivity contribution < 1.29 is 9.90 Å². The Morgan fingerprint density at radius 2 is 2.32 bits per heavy atom. The van der Waals surface area contributed by atoms with Crippen LogP contribution in [0.2, 0.25) is 0 Å². The Morgan fingerprint density at radius 3 is 3.05 bits per heavy atom. The lowest BCUT2D eigenvalue weighted by atomic mass is 10.2. The van der Waals surface area contributed by atoms with Crippen LogP contribution in [-0.2, 0) is 0 Å². The average molecular weight is 276 g/mol. The first-order valence-corrected chi connectivity index (χ1v) is 7.39. The van der Waals surface area contributed by atoms with Gasteiger partial charge in [-0.05, 0) is 24.3 Å². The maximum atomic E-state index is 12.3. The maximum Gasteiger partial charge on any atom is 0.272 e. The molecule has 0 bridgehead atoms. The van der Waals surface area contributed by atoms with E-state index in [0.29, 0.717) is 11.3 Å². The van der Waals surface area contributed by atoms with Gasteiger partial charge in [-0.1, -0.05) is 11.8 Å². The van der Waals surface area contributed by atoms with Gasteiger partial charge in [0, 0.05) is 30.6 Å². The second-order valence-corrected chi connectivity index (χ2v) is 5.37. The number of hydrogen-bond donors (Lipinski definition) is 1. The highest BCUT2D eigenvalue weighted by molar-refractivity contribution is 7.99. The molecule has 0 aromatic carbocycles. The van der Waals surface area contributed by atoms with Crippen LogP contribution in [0.25, 0.3) is 0 Å². The van der Waals surface area contributed by atoms with Gasteiger partial charge in [0.05, 0.1) is 0 Å². The van der Waals surface area contributed by atoms with E-state index >= 15 is 0 Å². The first-order chi connectivity index (χ1) is 9.31. The fourth-order valence-electron chi connectivity index (χ4n) is 1.85. The summed E-state index contributed by atoms with van der Waals surface area (Å²) in [5, 5.41) is 8.61. The van der Waals surface area contributed by atoms with Crippen molar-refractivity contribution in [2.24, 2.45) is 0 Å². The predicted octanol–water partition coefficient (Wildman–Crippen LogP) is 1.00. The summed E-state index contributed by atoms with van der Waals surface area (Å²) < 4.78 is 0. The third-order valence-corrected chi connectivity index (χ3v) is 3.85. The van der Waals surface area contributed by atoms with Crippen LogP contribution in [0.5, 0.6) is 0 Å². The molecular weight excluding hydrogens is 260 g/mol. The Morgan fingerprint density at radius 1 is 1.42 bits per heavy atom. The Hall–Kier alpha value is -1.51. The number of pyridine rings is 1. The van der Waals surface area contributed by atoms with E-state index in [1.54, 1.807) is 18.3 Å². The van der Waals surface area contributed by atoms with Crippen LogP contribution in [0.15, 0.2) is 18.3 Å². The zero-order valence-corrected chi connectivity index (χ0v) is 11.4. The van der Waals surface area contributed by atoms with E-state index in [4.69, 9.17) is 5.11 Å². The normalized spacial score (nSPS) is 15.3. The smallest absolute Gasteiger partial charge is 0.272 e. The number of hydrogen-bond acceptors (Lipinski definition) is 4. The van der Waals surface area contributed by atoms with Crippen LogP contribution in [0.1, 0.15) is 22.5 Å². The lowest BCUT2D eigenvalue weighted by Gasteiger charge is -2.19. The van der Waals surface area contributed by atoms with Gasteiger partial charge < -0.3 is 10.0 Å². The molecule has 1 saturated heterocycles. The van der Waals surface area contributed by atoms with E-state index in [0.717, 1.165) is 31.0 Å². The van der Waals surface area contributed by atoms with Crippen molar-refractivity contribution in [3.63, 3.8) is 0 Å². The van der Waals surface area contributed by atoms with E-state index in [-0.39, 0.29) is 12.5 Å². The van der Waals surface area contributed by atoms with Crippen molar-refractivity contribution in [3.05, 3.63) is 29.6 Å². The zero-order valence-electron chi connectivity index (χ0n) is 10.6. The van der Waals surface area contributed by atoms with Gasteiger partial charge in [0.25, 0.3) is 5.91 Å². The summed E-state index contributed by atoms with van der Waals surface area (Å²) >= 11 is 1.89. The second kappa shape index (κ2) is 7.17. The second-order valence-electron chi connectivity index (χ2n) is 4.15. The molecule has 0 spiro atoms. The molecule has 1 N–H and O–H groups in total. The lowest BCUT2D eigenvalue weighted by molar-refractivity contribution is 0.0762. The van der Waals surface area contributed by atoms with Gasteiger partial charge in [0.15, 0.2) is 0 Å². The molecule has 0 atom stereocenters. The minimum absolute atomic E-state index is 0.0100. The number of rotatable bonds is 1. The van der Waals surface area contributed by atoms with Crippen LogP contribution in [0.3, 0.4) is 0 Å². The number of aromatic nitrogens is 1. The highest BCUT2D eigenvalue weighted by Gasteiger charge is 2.18. The summed E-state index contributed by atoms with van der Waals surface area (Å²) in [6.07, 6.45) is 2.61. The molecule has 19 heavy (non-hydrogen) atoms. The van der Waals surface area contributed by atoms with Gasteiger partial charge in [-0.2, -0.15) is 11.8 Å². The molecule has 0 unspecified atom stereocenters. The lowest BCUT2D eigenvalue weighted by Crippen LogP contribution is -2.33. The monoisotopic (exact) mass is 276 g/mol. The van der Waals surface area contributed by atoms with E-state index in [9.17, 15) is 4.79 Å². The van der Waals surface area contributed by atoms with Crippen LogP contribution in [0.4, 0.5) is 0 Å². The third-order valence-electron chi connectivity index (χ3n) is 2.80. The average Bonchev–Trinajstić information content (AvgIpc) is 2.74. The van der Waals surface area contributed by atoms with Crippen molar-refractivity contribution in [3.8, 4) is 11.8 Å². The summed E-state index contributed by atoms with van der Waals surface area (Å²) in [4.78, 5) is 18.3. The van der Waals surface area contributed by atoms with Crippen molar-refractivity contribution in [1.29, 1.82) is 0 Å². The topological polar surface area (TPSA) is 53.4 Å². The quantitative estimate of drug-likeness (QED) is 0.778. The Labute approximate surface area is 117 Å². The van der Waals surface area contributed by atoms with Gasteiger partial charge in [-0.15, -0.1) is 0 Å². The summed E-state index contributed by atoms with van der Waals surface area (Å²) in [5.74, 6) is 7.41. The molecule has 1 aromatic rings. The molecule has 0 aliphatic carbocycles. The molecule has 0 radical (unpaired) electrons. The van der Waals surface area contributed by atoms with Gasteiger partial charge in [0.2, 0.25) is 0 Å². The summed E-state index contributed by atoms with van der Waals surface area (Å²) in [6, 6.07) is 3.46. The van der Waals surface area contributed by atoms with Gasteiger partial charge in [-0.25, -0.2) is 4.98 Å². The van der Waals surface area contributed by atoms with Crippen molar-refractivity contribution in [2.75, 3.05) is 31.2 Å². The van der Waals surface area contributed by atoms with Crippen molar-refractivity contribution in [1.82, 2.24) is 9.88 Å². The molecule has 0 saturated carbocycles. The van der Waals surface area contributed by atoms with Gasteiger partial charge >= 0.3 is 0 Å². The Bertz CT molecular complexity index is 482. The fraction of sp³-hybridized carbons (Fsp3) is 0.429. The Balaban J connectivity index is 2.06. The van der Waals surface area contributed by atoms with Crippen molar-refractivity contribution >= 4 is 17.7 Å². The van der Waals surface area contributed by atoms with Gasteiger partial charge in [-0.3, -0.25) is 4.79 Å². The Kier molecular flexibility index (Phi) is 5.25. The molecule has 1 aromatic heterocycles. The molecule has 1 aliphatic heterocycles. The van der Waals surface area contributed by atoms with Crippen LogP contribution in [0, 0.1) is 11.8 Å². The summed E-state index contributed by atoms with van der Waals surface area (Å²) in [7, 11) is 0. The minimum Gasteiger partial charge on any atom is -0.384 e. The molecule has 100 valence electrons. The molecule has 5 heteroatoms. The standard InChI is InChI=1S/C14H16N2O2S/c17-8-1-3-12-4-5-13(15-11-12)14(18)16-6-2-9-19-10-7-16/h4-5,11,17H,2,6-10H2. The van der Waals surface area contributed by atoms with E-state index < -0.39 is 0 Å². The SMILES string of the molecule is O=C(c1ccc(C#CCO)cn1)N1CCCSCC1. The number of aliphatic hydroxyl groups excluding tert-OH is 1. The summed E-state index contributed by atoms with van der Waals surface area (Å²) in [6.45, 7) is 1.42. The zero-order chi connectivity index (χ0) is 13.5. The highest BCUT2D eigenvalue weighted by Crippen LogP contribution is 2.12. The first-order valence-electron chi connectivity index (χ1n) is 6.24. The molecule has 1 amide bonds. The molecule has 1 aliphatic rings. The van der Waals surface area contributed by atoms with E-state index in [1.165, 1.54) is 0 Å². The van der Waals surface area contributed by atoms with Crippen LogP contribution >= 0.6 is 11.8 Å². The highest BCUT2D eigenvalue weighted by atomic mass is 32.2. The molecular formula is C14H16N2O2S. The maximum absolute atomic E-state index is 12.3. The molecule has 2 rings (SSSR count). The van der Waals surface area contributed by atoms with Gasteiger partial charge in [0.1, 0.15) is 12.3 Å². The molecule has 4 nitrogen and oxygen atoms in total. The number of carbonyl (C=O) groups is 1. The van der Waals surface area contributed by atoms with Crippen molar-refractivity contribution in [2.45, 2.75) is 6.42 Å². The van der Waals surface area contributed by atoms with E-state index in [1.807, 2.05) is 16.7 Å². The van der Waals surface area contributed by atoms with Crippen LogP contribution < -0.4 is 0 Å². The predicted molar refractivity (Wildman–Crippen MR) is 76.0 cm³/mol. The largest absolute Gasteiger partial charge is 0.384 e. The first kappa shape index (κ1) is 13.9. The van der Waals surface area contributed by atoms with Crippen LogP contribution in [-0.4, -0.2) is 52.1 Å². The number of carbonyl (C=O) groups excluding carboxylic acids is 1. The summed E-state index contributed by atoms with van der Waals surface area (Å²) in [5.41, 5.74) is 1.17. The fourth-order valence-corrected chi connectivity index (χ4v) is 2.73.